The topological polar surface area (TPSA) is 123 Å². The second kappa shape index (κ2) is 7.20. The van der Waals surface area contributed by atoms with Crippen molar-refractivity contribution in [2.75, 3.05) is 5.32 Å². The molecule has 140 valence electrons. The molecule has 1 N–H and O–H groups in total. The molecule has 0 radical (unpaired) electrons. The number of fused-ring (bicyclic) bond motifs is 1. The lowest BCUT2D eigenvalue weighted by molar-refractivity contribution is -0.384. The van der Waals surface area contributed by atoms with Gasteiger partial charge in [0.25, 0.3) is 11.6 Å². The van der Waals surface area contributed by atoms with Gasteiger partial charge in [0.15, 0.2) is 0 Å². The van der Waals surface area contributed by atoms with Crippen molar-refractivity contribution in [2.45, 2.75) is 0 Å². The van der Waals surface area contributed by atoms with Crippen LogP contribution in [0.2, 0.25) is 0 Å². The summed E-state index contributed by atoms with van der Waals surface area (Å²) in [4.78, 5) is 34.5. The van der Waals surface area contributed by atoms with Crippen LogP contribution in [0, 0.1) is 21.4 Å². The van der Waals surface area contributed by atoms with Gasteiger partial charge in [-0.1, -0.05) is 6.07 Å². The van der Waals surface area contributed by atoms with E-state index in [0.717, 1.165) is 5.52 Å². The number of carbonyl (C=O) groups is 1. The molecule has 0 aliphatic heterocycles. The molecule has 0 saturated carbocycles. The summed E-state index contributed by atoms with van der Waals surface area (Å²) < 4.78 is 2.99. The molecule has 28 heavy (non-hydrogen) atoms. The zero-order chi connectivity index (χ0) is 20.4. The molecule has 0 saturated heterocycles. The third-order valence-electron chi connectivity index (χ3n) is 4.31. The Bertz CT molecular complexity index is 1230. The minimum Gasteiger partial charge on any atom is -0.321 e. The van der Waals surface area contributed by atoms with Crippen LogP contribution in [-0.4, -0.2) is 20.0 Å². The molecule has 9 nitrogen and oxygen atoms in total. The first kappa shape index (κ1) is 18.6. The monoisotopic (exact) mass is 377 g/mol. The fourth-order valence-corrected chi connectivity index (χ4v) is 2.79. The molecule has 0 unspecified atom stereocenters. The fraction of sp³-hybridized carbons (Fsp3) is 0.105. The van der Waals surface area contributed by atoms with Gasteiger partial charge in [-0.2, -0.15) is 5.26 Å². The number of non-ortho nitro benzene ring substituents is 1. The summed E-state index contributed by atoms with van der Waals surface area (Å²) in [6.07, 6.45) is 1.41. The molecule has 0 atom stereocenters. The smallest absolute Gasteiger partial charge is 0.321 e. The molecule has 3 rings (SSSR count). The largest absolute Gasteiger partial charge is 0.328 e. The van der Waals surface area contributed by atoms with Gasteiger partial charge in [0.05, 0.1) is 16.0 Å². The number of hydrogen-bond donors (Lipinski definition) is 1. The first-order valence-corrected chi connectivity index (χ1v) is 8.15. The highest BCUT2D eigenvalue weighted by Gasteiger charge is 2.12. The summed E-state index contributed by atoms with van der Waals surface area (Å²) >= 11 is 0. The number of nitrogens with one attached hydrogen (secondary N) is 1. The maximum atomic E-state index is 12.4. The number of benzene rings is 2. The fourth-order valence-electron chi connectivity index (χ4n) is 2.79. The number of hydrogen-bond acceptors (Lipinski definition) is 5. The van der Waals surface area contributed by atoms with Crippen LogP contribution in [0.4, 0.5) is 11.4 Å². The Kier molecular flexibility index (Phi) is 4.78. The molecule has 0 spiro atoms. The van der Waals surface area contributed by atoms with Crippen LogP contribution in [0.5, 0.6) is 0 Å². The van der Waals surface area contributed by atoms with E-state index in [4.69, 9.17) is 0 Å². The minimum atomic E-state index is -0.640. The molecule has 1 aromatic heterocycles. The Morgan fingerprint density at radius 2 is 1.79 bits per heavy atom. The van der Waals surface area contributed by atoms with Crippen LogP contribution in [-0.2, 0) is 18.9 Å². The Balaban J connectivity index is 1.89. The SMILES string of the molecule is Cn1c(=O)n(C)c2cc(/C=C(/C#N)C(=O)Nc3ccc([N+](=O)[O-])cc3)ccc21. The third-order valence-corrected chi connectivity index (χ3v) is 4.31. The standard InChI is InChI=1S/C19H15N5O4/c1-22-16-8-3-12(10-17(16)23(2)19(22)26)9-13(11-20)18(25)21-14-4-6-15(7-5-14)24(27)28/h3-10H,1-2H3,(H,21,25)/b13-9-. The van der Waals surface area contributed by atoms with Crippen molar-refractivity contribution in [1.29, 1.82) is 5.26 Å². The highest BCUT2D eigenvalue weighted by atomic mass is 16.6. The minimum absolute atomic E-state index is 0.101. The molecule has 0 aliphatic rings. The first-order valence-electron chi connectivity index (χ1n) is 8.15. The van der Waals surface area contributed by atoms with Gasteiger partial charge in [-0.15, -0.1) is 0 Å². The predicted octanol–water partition coefficient (Wildman–Crippen LogP) is 2.33. The Labute approximate surface area is 158 Å². The second-order valence-corrected chi connectivity index (χ2v) is 6.08. The van der Waals surface area contributed by atoms with E-state index in [1.807, 2.05) is 6.07 Å². The normalized spacial score (nSPS) is 11.2. The van der Waals surface area contributed by atoms with Gasteiger partial charge < -0.3 is 5.32 Å². The molecule has 0 aliphatic carbocycles. The summed E-state index contributed by atoms with van der Waals surface area (Å²) in [5.74, 6) is -0.640. The number of nitrogens with zero attached hydrogens (tertiary/aromatic N) is 4. The van der Waals surface area contributed by atoms with Crippen LogP contribution < -0.4 is 11.0 Å². The van der Waals surface area contributed by atoms with Crippen molar-refractivity contribution in [3.05, 3.63) is 74.2 Å². The van der Waals surface area contributed by atoms with Gasteiger partial charge in [-0.25, -0.2) is 4.79 Å². The van der Waals surface area contributed by atoms with Crippen LogP contribution in [0.3, 0.4) is 0 Å². The number of nitro groups is 1. The lowest BCUT2D eigenvalue weighted by Gasteiger charge is -2.04. The van der Waals surface area contributed by atoms with Gasteiger partial charge in [0.2, 0.25) is 0 Å². The van der Waals surface area contributed by atoms with Gasteiger partial charge in [0, 0.05) is 31.9 Å². The van der Waals surface area contributed by atoms with E-state index in [2.05, 4.69) is 5.32 Å². The van der Waals surface area contributed by atoms with Crippen LogP contribution >= 0.6 is 0 Å². The lowest BCUT2D eigenvalue weighted by Crippen LogP contribution is -2.19. The first-order chi connectivity index (χ1) is 13.3. The number of nitro benzene ring substituents is 1. The summed E-state index contributed by atoms with van der Waals surface area (Å²) in [7, 11) is 3.31. The number of nitriles is 1. The molecule has 9 heteroatoms. The maximum absolute atomic E-state index is 12.4. The summed E-state index contributed by atoms with van der Waals surface area (Å²) in [5, 5.41) is 22.5. The lowest BCUT2D eigenvalue weighted by atomic mass is 10.1. The maximum Gasteiger partial charge on any atom is 0.328 e. The van der Waals surface area contributed by atoms with Gasteiger partial charge in [0.1, 0.15) is 11.6 Å². The van der Waals surface area contributed by atoms with E-state index in [0.29, 0.717) is 16.8 Å². The van der Waals surface area contributed by atoms with Crippen molar-refractivity contribution < 1.29 is 9.72 Å². The highest BCUT2D eigenvalue weighted by Crippen LogP contribution is 2.18. The number of aryl methyl sites for hydroxylation is 2. The zero-order valence-corrected chi connectivity index (χ0v) is 15.0. The Morgan fingerprint density at radius 3 is 2.39 bits per heavy atom. The average Bonchev–Trinajstić information content (AvgIpc) is 2.90. The van der Waals surface area contributed by atoms with Gasteiger partial charge >= 0.3 is 5.69 Å². The summed E-state index contributed by atoms with van der Waals surface area (Å²) in [5.41, 5.74) is 1.91. The Hall–Kier alpha value is -4.19. The van der Waals surface area contributed by atoms with E-state index in [-0.39, 0.29) is 17.0 Å². The molecule has 1 heterocycles. The van der Waals surface area contributed by atoms with Crippen LogP contribution in [0.1, 0.15) is 5.56 Å². The molecule has 3 aromatic rings. The van der Waals surface area contributed by atoms with Crippen molar-refractivity contribution in [3.8, 4) is 6.07 Å². The molecular formula is C19H15N5O4. The van der Waals surface area contributed by atoms with Crippen molar-refractivity contribution in [2.24, 2.45) is 14.1 Å². The summed E-state index contributed by atoms with van der Waals surface area (Å²) in [6.45, 7) is 0. The van der Waals surface area contributed by atoms with E-state index in [1.165, 1.54) is 39.5 Å². The number of aromatic nitrogens is 2. The van der Waals surface area contributed by atoms with Crippen molar-refractivity contribution in [3.63, 3.8) is 0 Å². The third kappa shape index (κ3) is 3.39. The number of carbonyl (C=O) groups excluding carboxylic acids is 1. The van der Waals surface area contributed by atoms with Crippen LogP contribution in [0.15, 0.2) is 52.8 Å². The number of amides is 1. The molecule has 2 aromatic carbocycles. The van der Waals surface area contributed by atoms with Gasteiger partial charge in [-0.05, 0) is 35.9 Å². The Morgan fingerprint density at radius 1 is 1.14 bits per heavy atom. The molecule has 0 bridgehead atoms. The van der Waals surface area contributed by atoms with Crippen molar-refractivity contribution in [1.82, 2.24) is 9.13 Å². The zero-order valence-electron chi connectivity index (χ0n) is 15.0. The summed E-state index contributed by atoms with van der Waals surface area (Å²) in [6, 6.07) is 12.3. The second-order valence-electron chi connectivity index (χ2n) is 6.08. The van der Waals surface area contributed by atoms with E-state index < -0.39 is 10.8 Å². The number of imidazole rings is 1. The van der Waals surface area contributed by atoms with E-state index in [1.54, 1.807) is 32.3 Å². The average molecular weight is 377 g/mol. The van der Waals surface area contributed by atoms with E-state index >= 15 is 0 Å². The molecular weight excluding hydrogens is 362 g/mol. The predicted molar refractivity (Wildman–Crippen MR) is 103 cm³/mol. The van der Waals surface area contributed by atoms with E-state index in [9.17, 15) is 25.0 Å². The van der Waals surface area contributed by atoms with Gasteiger partial charge in [-0.3, -0.25) is 24.0 Å². The quantitative estimate of drug-likeness (QED) is 0.323. The number of rotatable bonds is 4. The highest BCUT2D eigenvalue weighted by molar-refractivity contribution is 6.09. The number of anilines is 1. The molecule has 0 fully saturated rings. The van der Waals surface area contributed by atoms with Crippen molar-refractivity contribution >= 4 is 34.4 Å². The molecule has 1 amide bonds. The van der Waals surface area contributed by atoms with Crippen LogP contribution in [0.25, 0.3) is 17.1 Å².